The third-order valence-corrected chi connectivity index (χ3v) is 2.30. The standard InChI is InChI=1S/C13H25N3O3/c1-5-7-8-11(13(18)19-6-2)15-12(17)9-14-10-16(3)4/h10-11H,5-9H2,1-4H3,(H,15,17). The van der Waals surface area contributed by atoms with Crippen molar-refractivity contribution in [3.05, 3.63) is 0 Å². The van der Waals surface area contributed by atoms with Crippen molar-refractivity contribution < 1.29 is 14.3 Å². The van der Waals surface area contributed by atoms with E-state index in [1.807, 2.05) is 21.0 Å². The molecule has 6 heteroatoms. The van der Waals surface area contributed by atoms with E-state index in [1.165, 1.54) is 0 Å². The second-order valence-electron chi connectivity index (χ2n) is 4.43. The number of nitrogens with zero attached hydrogens (tertiary/aromatic N) is 2. The highest BCUT2D eigenvalue weighted by molar-refractivity contribution is 5.86. The quantitative estimate of drug-likeness (QED) is 0.383. The van der Waals surface area contributed by atoms with Gasteiger partial charge in [0.2, 0.25) is 5.91 Å². The van der Waals surface area contributed by atoms with Crippen molar-refractivity contribution in [2.75, 3.05) is 27.2 Å². The van der Waals surface area contributed by atoms with Crippen LogP contribution in [-0.2, 0) is 14.3 Å². The van der Waals surface area contributed by atoms with Gasteiger partial charge in [-0.1, -0.05) is 19.8 Å². The maximum absolute atomic E-state index is 11.7. The van der Waals surface area contributed by atoms with Gasteiger partial charge in [0.25, 0.3) is 0 Å². The zero-order valence-corrected chi connectivity index (χ0v) is 12.3. The Balaban J connectivity index is 4.29. The Kier molecular flexibility index (Phi) is 9.48. The van der Waals surface area contributed by atoms with Crippen LogP contribution in [0.25, 0.3) is 0 Å². The molecule has 0 aliphatic heterocycles. The number of rotatable bonds is 9. The molecule has 19 heavy (non-hydrogen) atoms. The highest BCUT2D eigenvalue weighted by Gasteiger charge is 2.20. The number of carbonyl (C=O) groups is 2. The summed E-state index contributed by atoms with van der Waals surface area (Å²) in [7, 11) is 3.65. The van der Waals surface area contributed by atoms with Crippen molar-refractivity contribution in [2.24, 2.45) is 4.99 Å². The fraction of sp³-hybridized carbons (Fsp3) is 0.769. The Labute approximate surface area is 115 Å². The molecule has 0 aromatic heterocycles. The summed E-state index contributed by atoms with van der Waals surface area (Å²) >= 11 is 0. The van der Waals surface area contributed by atoms with Crippen molar-refractivity contribution in [3.8, 4) is 0 Å². The highest BCUT2D eigenvalue weighted by atomic mass is 16.5. The predicted octanol–water partition coefficient (Wildman–Crippen LogP) is 0.814. The summed E-state index contributed by atoms with van der Waals surface area (Å²) in [4.78, 5) is 29.0. The maximum Gasteiger partial charge on any atom is 0.328 e. The first-order valence-corrected chi connectivity index (χ1v) is 6.63. The lowest BCUT2D eigenvalue weighted by atomic mass is 10.1. The first-order valence-electron chi connectivity index (χ1n) is 6.63. The van der Waals surface area contributed by atoms with Gasteiger partial charge in [0.1, 0.15) is 12.6 Å². The van der Waals surface area contributed by atoms with E-state index in [0.29, 0.717) is 13.0 Å². The summed E-state index contributed by atoms with van der Waals surface area (Å²) in [5.41, 5.74) is 0. The van der Waals surface area contributed by atoms with Crippen molar-refractivity contribution in [2.45, 2.75) is 39.2 Å². The SMILES string of the molecule is CCCCC(NC(=O)CN=CN(C)C)C(=O)OCC. The lowest BCUT2D eigenvalue weighted by Crippen LogP contribution is -2.42. The van der Waals surface area contributed by atoms with Gasteiger partial charge < -0.3 is 15.0 Å². The monoisotopic (exact) mass is 271 g/mol. The van der Waals surface area contributed by atoms with Crippen LogP contribution in [-0.4, -0.2) is 56.4 Å². The second kappa shape index (κ2) is 10.3. The number of nitrogens with one attached hydrogen (secondary N) is 1. The van der Waals surface area contributed by atoms with Crippen LogP contribution in [0.1, 0.15) is 33.1 Å². The first-order chi connectivity index (χ1) is 9.01. The Morgan fingerprint density at radius 2 is 2.05 bits per heavy atom. The fourth-order valence-electron chi connectivity index (χ4n) is 1.43. The van der Waals surface area contributed by atoms with E-state index in [9.17, 15) is 9.59 Å². The lowest BCUT2D eigenvalue weighted by Gasteiger charge is -2.16. The van der Waals surface area contributed by atoms with E-state index >= 15 is 0 Å². The van der Waals surface area contributed by atoms with Crippen molar-refractivity contribution in [3.63, 3.8) is 0 Å². The number of ether oxygens (including phenoxy) is 1. The number of aliphatic imine (C=N–C) groups is 1. The number of unbranched alkanes of at least 4 members (excludes halogenated alkanes) is 1. The average Bonchev–Trinajstić information content (AvgIpc) is 2.34. The van der Waals surface area contributed by atoms with Crippen molar-refractivity contribution in [1.29, 1.82) is 0 Å². The third kappa shape index (κ3) is 9.04. The van der Waals surface area contributed by atoms with Crippen LogP contribution in [0.2, 0.25) is 0 Å². The van der Waals surface area contributed by atoms with E-state index in [2.05, 4.69) is 10.3 Å². The number of carbonyl (C=O) groups excluding carboxylic acids is 2. The first kappa shape index (κ1) is 17.4. The molecule has 1 unspecified atom stereocenters. The van der Waals surface area contributed by atoms with Gasteiger partial charge in [0, 0.05) is 14.1 Å². The van der Waals surface area contributed by atoms with Crippen LogP contribution in [0.3, 0.4) is 0 Å². The molecule has 0 bridgehead atoms. The zero-order valence-electron chi connectivity index (χ0n) is 12.3. The molecule has 0 spiro atoms. The van der Waals surface area contributed by atoms with Gasteiger partial charge in [0.15, 0.2) is 0 Å². The molecule has 0 aliphatic carbocycles. The largest absolute Gasteiger partial charge is 0.464 e. The van der Waals surface area contributed by atoms with Gasteiger partial charge in [-0.25, -0.2) is 4.79 Å². The topological polar surface area (TPSA) is 71.0 Å². The summed E-state index contributed by atoms with van der Waals surface area (Å²) in [5.74, 6) is -0.645. The van der Waals surface area contributed by atoms with Crippen molar-refractivity contribution >= 4 is 18.2 Å². The van der Waals surface area contributed by atoms with Gasteiger partial charge >= 0.3 is 5.97 Å². The van der Waals surface area contributed by atoms with Crippen LogP contribution in [0.5, 0.6) is 0 Å². The molecular formula is C13H25N3O3. The highest BCUT2D eigenvalue weighted by Crippen LogP contribution is 2.03. The Morgan fingerprint density at radius 1 is 1.37 bits per heavy atom. The molecule has 0 fully saturated rings. The normalized spacial score (nSPS) is 12.2. The summed E-state index contributed by atoms with van der Waals surface area (Å²) in [6.07, 6.45) is 3.98. The summed E-state index contributed by atoms with van der Waals surface area (Å²) < 4.78 is 4.94. The van der Waals surface area contributed by atoms with E-state index in [4.69, 9.17) is 4.74 Å². The molecular weight excluding hydrogens is 246 g/mol. The fourth-order valence-corrected chi connectivity index (χ4v) is 1.43. The number of amides is 1. The van der Waals surface area contributed by atoms with Crippen LogP contribution in [0.15, 0.2) is 4.99 Å². The van der Waals surface area contributed by atoms with Gasteiger partial charge in [-0.3, -0.25) is 9.79 Å². The van der Waals surface area contributed by atoms with Gasteiger partial charge in [-0.05, 0) is 13.3 Å². The molecule has 0 heterocycles. The molecule has 0 saturated heterocycles. The van der Waals surface area contributed by atoms with Gasteiger partial charge in [-0.15, -0.1) is 0 Å². The Morgan fingerprint density at radius 3 is 2.58 bits per heavy atom. The van der Waals surface area contributed by atoms with E-state index in [0.717, 1.165) is 12.8 Å². The minimum atomic E-state index is -0.568. The second-order valence-corrected chi connectivity index (χ2v) is 4.43. The molecule has 110 valence electrons. The van der Waals surface area contributed by atoms with Gasteiger partial charge in [0.05, 0.1) is 12.9 Å². The molecule has 1 N–H and O–H groups in total. The maximum atomic E-state index is 11.7. The summed E-state index contributed by atoms with van der Waals surface area (Å²) in [6, 6.07) is -0.568. The number of esters is 1. The molecule has 6 nitrogen and oxygen atoms in total. The van der Waals surface area contributed by atoms with Crippen LogP contribution >= 0.6 is 0 Å². The van der Waals surface area contributed by atoms with Gasteiger partial charge in [-0.2, -0.15) is 0 Å². The Hall–Kier alpha value is -1.59. The lowest BCUT2D eigenvalue weighted by molar-refractivity contribution is -0.147. The molecule has 0 saturated carbocycles. The average molecular weight is 271 g/mol. The molecule has 1 atom stereocenters. The van der Waals surface area contributed by atoms with Crippen molar-refractivity contribution in [1.82, 2.24) is 10.2 Å². The summed E-state index contributed by atoms with van der Waals surface area (Å²) in [5, 5.41) is 2.66. The summed E-state index contributed by atoms with van der Waals surface area (Å²) in [6.45, 7) is 4.11. The molecule has 0 aromatic rings. The Bertz CT molecular complexity index is 304. The smallest absolute Gasteiger partial charge is 0.328 e. The van der Waals surface area contributed by atoms with E-state index in [1.54, 1.807) is 18.2 Å². The van der Waals surface area contributed by atoms with Crippen LogP contribution in [0, 0.1) is 0 Å². The molecule has 0 aliphatic rings. The minimum Gasteiger partial charge on any atom is -0.464 e. The van der Waals surface area contributed by atoms with E-state index < -0.39 is 6.04 Å². The molecule has 0 radical (unpaired) electrons. The van der Waals surface area contributed by atoms with Crippen LogP contribution in [0.4, 0.5) is 0 Å². The van der Waals surface area contributed by atoms with E-state index in [-0.39, 0.29) is 18.4 Å². The number of hydrogen-bond acceptors (Lipinski definition) is 4. The molecule has 0 aromatic carbocycles. The zero-order chi connectivity index (χ0) is 14.7. The predicted molar refractivity (Wildman–Crippen MR) is 75.1 cm³/mol. The minimum absolute atomic E-state index is 0.0141. The molecule has 0 rings (SSSR count). The van der Waals surface area contributed by atoms with Crippen LogP contribution < -0.4 is 5.32 Å². The molecule has 1 amide bonds. The third-order valence-electron chi connectivity index (χ3n) is 2.30. The number of hydrogen-bond donors (Lipinski definition) is 1.